The van der Waals surface area contributed by atoms with E-state index < -0.39 is 11.6 Å². The molecule has 0 fully saturated rings. The average molecular weight is 217 g/mol. The van der Waals surface area contributed by atoms with E-state index in [0.717, 1.165) is 19.3 Å². The Hall–Kier alpha value is -0.610. The molecule has 0 aliphatic rings. The molecule has 0 aromatic carbocycles. The molecular formula is C11H23NO3. The summed E-state index contributed by atoms with van der Waals surface area (Å²) >= 11 is 0. The first-order chi connectivity index (χ1) is 7.04. The normalized spacial score (nSPS) is 14.9. The lowest BCUT2D eigenvalue weighted by molar-refractivity contribution is -0.142. The first-order valence-electron chi connectivity index (χ1n) is 5.68. The largest absolute Gasteiger partial charge is 0.481 e. The van der Waals surface area contributed by atoms with E-state index in [1.165, 1.54) is 12.8 Å². The second kappa shape index (κ2) is 7.65. The second-order valence-corrected chi connectivity index (χ2v) is 4.16. The van der Waals surface area contributed by atoms with Gasteiger partial charge in [-0.05, 0) is 6.42 Å². The van der Waals surface area contributed by atoms with Crippen molar-refractivity contribution in [2.24, 2.45) is 5.73 Å². The molecule has 0 aliphatic heterocycles. The number of carboxylic acids is 1. The number of carbonyl (C=O) groups is 1. The van der Waals surface area contributed by atoms with E-state index in [0.29, 0.717) is 6.42 Å². The molecule has 1 unspecified atom stereocenters. The summed E-state index contributed by atoms with van der Waals surface area (Å²) in [6.45, 7) is 2.16. The number of rotatable bonds is 9. The quantitative estimate of drug-likeness (QED) is 0.511. The summed E-state index contributed by atoms with van der Waals surface area (Å²) in [7, 11) is 0. The lowest BCUT2D eigenvalue weighted by Crippen LogP contribution is -2.39. The fourth-order valence-electron chi connectivity index (χ4n) is 1.60. The minimum atomic E-state index is -1.21. The van der Waals surface area contributed by atoms with Gasteiger partial charge in [-0.15, -0.1) is 0 Å². The van der Waals surface area contributed by atoms with Crippen molar-refractivity contribution in [1.82, 2.24) is 0 Å². The first kappa shape index (κ1) is 14.4. The Morgan fingerprint density at radius 1 is 1.27 bits per heavy atom. The Labute approximate surface area is 91.5 Å². The summed E-state index contributed by atoms with van der Waals surface area (Å²) in [5.74, 6) is -0.989. The third-order valence-electron chi connectivity index (χ3n) is 2.61. The maximum absolute atomic E-state index is 10.5. The first-order valence-corrected chi connectivity index (χ1v) is 5.68. The zero-order chi connectivity index (χ0) is 11.7. The van der Waals surface area contributed by atoms with E-state index in [1.54, 1.807) is 0 Å². The topological polar surface area (TPSA) is 83.5 Å². The minimum Gasteiger partial charge on any atom is -0.481 e. The van der Waals surface area contributed by atoms with Crippen LogP contribution in [-0.4, -0.2) is 28.3 Å². The van der Waals surface area contributed by atoms with Crippen molar-refractivity contribution in [2.75, 3.05) is 6.54 Å². The van der Waals surface area contributed by atoms with Gasteiger partial charge >= 0.3 is 5.97 Å². The SMILES string of the molecule is CCCCCCCC(O)(CN)CC(=O)O. The molecule has 1 atom stereocenters. The zero-order valence-corrected chi connectivity index (χ0v) is 9.54. The maximum atomic E-state index is 10.5. The molecule has 0 aromatic rings. The highest BCUT2D eigenvalue weighted by atomic mass is 16.4. The Morgan fingerprint density at radius 2 is 1.87 bits per heavy atom. The van der Waals surface area contributed by atoms with Crippen molar-refractivity contribution in [3.63, 3.8) is 0 Å². The van der Waals surface area contributed by atoms with Gasteiger partial charge in [-0.1, -0.05) is 39.0 Å². The van der Waals surface area contributed by atoms with Crippen molar-refractivity contribution in [3.05, 3.63) is 0 Å². The van der Waals surface area contributed by atoms with Crippen molar-refractivity contribution >= 4 is 5.97 Å². The Bertz CT molecular complexity index is 185. The summed E-state index contributed by atoms with van der Waals surface area (Å²) < 4.78 is 0. The molecule has 0 amide bonds. The molecule has 4 N–H and O–H groups in total. The van der Waals surface area contributed by atoms with Crippen LogP contribution in [0.25, 0.3) is 0 Å². The van der Waals surface area contributed by atoms with Gasteiger partial charge < -0.3 is 15.9 Å². The predicted octanol–water partition coefficient (Wildman–Crippen LogP) is 1.51. The Kier molecular flexibility index (Phi) is 7.34. The highest BCUT2D eigenvalue weighted by Gasteiger charge is 2.27. The van der Waals surface area contributed by atoms with Gasteiger partial charge in [0.25, 0.3) is 0 Å². The fourth-order valence-corrected chi connectivity index (χ4v) is 1.60. The Morgan fingerprint density at radius 3 is 2.33 bits per heavy atom. The molecule has 0 saturated heterocycles. The maximum Gasteiger partial charge on any atom is 0.306 e. The van der Waals surface area contributed by atoms with Gasteiger partial charge in [-0.25, -0.2) is 0 Å². The number of hydrogen-bond donors (Lipinski definition) is 3. The van der Waals surface area contributed by atoms with E-state index in [-0.39, 0.29) is 13.0 Å². The van der Waals surface area contributed by atoms with Crippen LogP contribution in [0.1, 0.15) is 51.9 Å². The zero-order valence-electron chi connectivity index (χ0n) is 9.54. The summed E-state index contributed by atoms with van der Waals surface area (Å²) in [4.78, 5) is 10.5. The third kappa shape index (κ3) is 7.33. The van der Waals surface area contributed by atoms with E-state index in [4.69, 9.17) is 10.8 Å². The van der Waals surface area contributed by atoms with E-state index in [2.05, 4.69) is 6.92 Å². The molecule has 0 aromatic heterocycles. The fraction of sp³-hybridized carbons (Fsp3) is 0.909. The summed E-state index contributed by atoms with van der Waals surface area (Å²) in [6.07, 6.45) is 5.63. The van der Waals surface area contributed by atoms with Crippen molar-refractivity contribution < 1.29 is 15.0 Å². The van der Waals surface area contributed by atoms with Crippen molar-refractivity contribution in [1.29, 1.82) is 0 Å². The van der Waals surface area contributed by atoms with Crippen LogP contribution in [0.3, 0.4) is 0 Å². The summed E-state index contributed by atoms with van der Waals surface area (Å²) in [5, 5.41) is 18.4. The number of hydrogen-bond acceptors (Lipinski definition) is 3. The summed E-state index contributed by atoms with van der Waals surface area (Å²) in [5.41, 5.74) is 4.17. The summed E-state index contributed by atoms with van der Waals surface area (Å²) in [6, 6.07) is 0. The second-order valence-electron chi connectivity index (χ2n) is 4.16. The van der Waals surface area contributed by atoms with Crippen molar-refractivity contribution in [2.45, 2.75) is 57.5 Å². The predicted molar refractivity (Wildman–Crippen MR) is 59.6 cm³/mol. The highest BCUT2D eigenvalue weighted by Crippen LogP contribution is 2.18. The molecule has 0 radical (unpaired) electrons. The van der Waals surface area contributed by atoms with Crippen LogP contribution in [0.5, 0.6) is 0 Å². The van der Waals surface area contributed by atoms with Gasteiger partial charge in [0, 0.05) is 6.54 Å². The third-order valence-corrected chi connectivity index (χ3v) is 2.61. The van der Waals surface area contributed by atoms with E-state index in [9.17, 15) is 9.90 Å². The van der Waals surface area contributed by atoms with Gasteiger partial charge in [0.1, 0.15) is 0 Å². The van der Waals surface area contributed by atoms with Crippen LogP contribution in [0, 0.1) is 0 Å². The Balaban J connectivity index is 3.73. The number of aliphatic carboxylic acids is 1. The number of aliphatic hydroxyl groups is 1. The molecule has 4 nitrogen and oxygen atoms in total. The lowest BCUT2D eigenvalue weighted by Gasteiger charge is -2.24. The standard InChI is InChI=1S/C11H23NO3/c1-2-3-4-5-6-7-11(15,9-12)8-10(13)14/h15H,2-9,12H2,1H3,(H,13,14). The average Bonchev–Trinajstić information content (AvgIpc) is 2.16. The molecule has 90 valence electrons. The van der Waals surface area contributed by atoms with Crippen LogP contribution in [0.4, 0.5) is 0 Å². The monoisotopic (exact) mass is 217 g/mol. The molecule has 0 heterocycles. The smallest absolute Gasteiger partial charge is 0.306 e. The molecule has 0 bridgehead atoms. The molecule has 0 saturated carbocycles. The van der Waals surface area contributed by atoms with Gasteiger partial charge in [0.05, 0.1) is 12.0 Å². The molecule has 0 spiro atoms. The lowest BCUT2D eigenvalue weighted by atomic mass is 9.92. The molecule has 15 heavy (non-hydrogen) atoms. The van der Waals surface area contributed by atoms with Gasteiger partial charge in [0.2, 0.25) is 0 Å². The minimum absolute atomic E-state index is 0.0209. The highest BCUT2D eigenvalue weighted by molar-refractivity contribution is 5.68. The van der Waals surface area contributed by atoms with Crippen LogP contribution in [0.2, 0.25) is 0 Å². The molecular weight excluding hydrogens is 194 g/mol. The molecule has 0 aliphatic carbocycles. The van der Waals surface area contributed by atoms with Crippen molar-refractivity contribution in [3.8, 4) is 0 Å². The van der Waals surface area contributed by atoms with E-state index >= 15 is 0 Å². The van der Waals surface area contributed by atoms with Crippen LogP contribution in [-0.2, 0) is 4.79 Å². The number of carboxylic acid groups (broad SMARTS) is 1. The molecule has 4 heteroatoms. The van der Waals surface area contributed by atoms with Gasteiger partial charge in [0.15, 0.2) is 0 Å². The number of unbranched alkanes of at least 4 members (excludes halogenated alkanes) is 4. The van der Waals surface area contributed by atoms with Gasteiger partial charge in [-0.3, -0.25) is 4.79 Å². The number of nitrogens with two attached hydrogens (primary N) is 1. The van der Waals surface area contributed by atoms with Crippen LogP contribution >= 0.6 is 0 Å². The van der Waals surface area contributed by atoms with Crippen LogP contribution in [0.15, 0.2) is 0 Å². The van der Waals surface area contributed by atoms with Crippen LogP contribution < -0.4 is 5.73 Å². The van der Waals surface area contributed by atoms with E-state index in [1.807, 2.05) is 0 Å². The molecule has 0 rings (SSSR count). The van der Waals surface area contributed by atoms with Gasteiger partial charge in [-0.2, -0.15) is 0 Å².